The lowest BCUT2D eigenvalue weighted by atomic mass is 9.79. The van der Waals surface area contributed by atoms with E-state index in [2.05, 4.69) is 38.4 Å². The molecule has 8 nitrogen and oxygen atoms in total. The Balaban J connectivity index is 0.00000153. The van der Waals surface area contributed by atoms with E-state index in [-0.39, 0.29) is 42.5 Å². The van der Waals surface area contributed by atoms with Crippen LogP contribution in [0.3, 0.4) is 0 Å². The predicted octanol–water partition coefficient (Wildman–Crippen LogP) is 2.19. The van der Waals surface area contributed by atoms with Crippen LogP contribution in [0.15, 0.2) is 18.2 Å². The van der Waals surface area contributed by atoms with Gasteiger partial charge in [-0.2, -0.15) is 5.10 Å². The number of carbonyl (C=O) groups excluding carboxylic acids is 2. The number of hydrogen-bond donors (Lipinski definition) is 2. The van der Waals surface area contributed by atoms with Crippen LogP contribution in [-0.2, 0) is 16.6 Å². The number of carbonyl (C=O) groups is 2. The van der Waals surface area contributed by atoms with Gasteiger partial charge in [-0.3, -0.25) is 24.5 Å². The Kier molecular flexibility index (Phi) is 8.26. The zero-order chi connectivity index (χ0) is 21.5. The molecule has 1 atom stereocenters. The minimum absolute atomic E-state index is 0. The molecule has 0 bridgehead atoms. The van der Waals surface area contributed by atoms with Crippen molar-refractivity contribution in [2.24, 2.45) is 18.7 Å². The average Bonchev–Trinajstić information content (AvgIpc) is 3.06. The van der Waals surface area contributed by atoms with Gasteiger partial charge in [0, 0.05) is 56.8 Å². The number of piperidine rings is 1. The van der Waals surface area contributed by atoms with Crippen LogP contribution in [0.2, 0.25) is 0 Å². The van der Waals surface area contributed by atoms with Gasteiger partial charge in [-0.25, -0.2) is 0 Å². The molecule has 3 fully saturated rings. The number of amides is 2. The van der Waals surface area contributed by atoms with Gasteiger partial charge in [0.1, 0.15) is 0 Å². The largest absolute Gasteiger partial charge is 0.369 e. The number of rotatable bonds is 5. The maximum Gasteiger partial charge on any atom is 0.235 e. The first kappa shape index (κ1) is 25.7. The number of halogens is 2. The van der Waals surface area contributed by atoms with Crippen LogP contribution in [0.25, 0.3) is 10.9 Å². The Bertz CT molecular complexity index is 998. The molecule has 182 valence electrons. The van der Waals surface area contributed by atoms with E-state index in [0.717, 1.165) is 48.7 Å². The van der Waals surface area contributed by atoms with Gasteiger partial charge >= 0.3 is 0 Å². The van der Waals surface area contributed by atoms with E-state index in [1.54, 1.807) is 0 Å². The fraction of sp³-hybridized carbons (Fsp3) is 0.609. The number of nitrogens with two attached hydrogens (primary N) is 1. The minimum Gasteiger partial charge on any atom is -0.369 e. The molecule has 33 heavy (non-hydrogen) atoms. The van der Waals surface area contributed by atoms with Crippen LogP contribution in [0.4, 0.5) is 5.69 Å². The number of hydrogen-bond acceptors (Lipinski definition) is 6. The van der Waals surface area contributed by atoms with Crippen molar-refractivity contribution in [2.75, 3.05) is 37.6 Å². The van der Waals surface area contributed by atoms with Gasteiger partial charge < -0.3 is 10.6 Å². The van der Waals surface area contributed by atoms with E-state index in [1.165, 1.54) is 31.5 Å². The lowest BCUT2D eigenvalue weighted by Crippen LogP contribution is -2.47. The van der Waals surface area contributed by atoms with Crippen LogP contribution >= 0.6 is 24.8 Å². The van der Waals surface area contributed by atoms with Gasteiger partial charge in [-0.05, 0) is 56.3 Å². The third-order valence-corrected chi connectivity index (χ3v) is 7.30. The molecule has 1 aromatic carbocycles. The van der Waals surface area contributed by atoms with Crippen LogP contribution in [0.1, 0.15) is 43.7 Å². The van der Waals surface area contributed by atoms with Gasteiger partial charge in [0.15, 0.2) is 0 Å². The highest BCUT2D eigenvalue weighted by molar-refractivity contribution is 6.02. The Hall–Kier alpha value is -1.87. The molecule has 2 aliphatic heterocycles. The summed E-state index contributed by atoms with van der Waals surface area (Å²) in [7, 11) is 1.92. The fourth-order valence-corrected chi connectivity index (χ4v) is 5.30. The number of imide groups is 1. The fourth-order valence-electron chi connectivity index (χ4n) is 5.30. The molecule has 1 unspecified atom stereocenters. The number of piperazine rings is 1. The van der Waals surface area contributed by atoms with Crippen molar-refractivity contribution >= 4 is 53.2 Å². The van der Waals surface area contributed by atoms with Crippen LogP contribution in [-0.4, -0.2) is 65.3 Å². The van der Waals surface area contributed by atoms with Gasteiger partial charge in [0.05, 0.1) is 17.1 Å². The quantitative estimate of drug-likeness (QED) is 0.615. The molecule has 3 N–H and O–H groups in total. The second-order valence-corrected chi connectivity index (χ2v) is 9.43. The summed E-state index contributed by atoms with van der Waals surface area (Å²) in [4.78, 5) is 28.8. The summed E-state index contributed by atoms with van der Waals surface area (Å²) < 4.78 is 1.86. The Labute approximate surface area is 207 Å². The lowest BCUT2D eigenvalue weighted by Gasteiger charge is -2.38. The standard InChI is InChI=1S/C23H32N6O2.2ClH/c1-27-20-14-17(29-10-8-28(9-11-29)7-6-15-12-16(24)13-15)2-3-18(20)22(26-27)19-4-5-21(30)25-23(19)31;;/h2-3,14-16,19H,4-13,24H2,1H3,(H,25,30,31);2*1H. The zero-order valence-corrected chi connectivity index (χ0v) is 20.7. The molecule has 5 rings (SSSR count). The number of benzene rings is 1. The molecule has 1 saturated carbocycles. The van der Waals surface area contributed by atoms with Crippen molar-refractivity contribution in [3.63, 3.8) is 0 Å². The van der Waals surface area contributed by atoms with Crippen molar-refractivity contribution in [1.82, 2.24) is 20.0 Å². The molecule has 0 spiro atoms. The summed E-state index contributed by atoms with van der Waals surface area (Å²) in [6.07, 6.45) is 4.56. The SMILES string of the molecule is Cl.Cl.Cn1nc(C2CCC(=O)NC2=O)c2ccc(N3CCN(CCC4CC(N)C4)CC3)cc21. The number of fused-ring (bicyclic) bond motifs is 1. The van der Waals surface area contributed by atoms with Crippen molar-refractivity contribution in [3.8, 4) is 0 Å². The summed E-state index contributed by atoms with van der Waals surface area (Å²) in [5.41, 5.74) is 8.91. The molecule has 2 saturated heterocycles. The lowest BCUT2D eigenvalue weighted by molar-refractivity contribution is -0.134. The summed E-state index contributed by atoms with van der Waals surface area (Å²) in [5, 5.41) is 8.10. The highest BCUT2D eigenvalue weighted by atomic mass is 35.5. The van der Waals surface area contributed by atoms with Crippen LogP contribution < -0.4 is 16.0 Å². The zero-order valence-electron chi connectivity index (χ0n) is 19.0. The van der Waals surface area contributed by atoms with Gasteiger partial charge in [-0.1, -0.05) is 0 Å². The van der Waals surface area contributed by atoms with Crippen molar-refractivity contribution < 1.29 is 9.59 Å². The van der Waals surface area contributed by atoms with Gasteiger partial charge in [-0.15, -0.1) is 24.8 Å². The molecule has 1 aromatic heterocycles. The molecule has 3 aliphatic rings. The summed E-state index contributed by atoms with van der Waals surface area (Å²) in [6.45, 7) is 5.40. The molecule has 2 amide bonds. The van der Waals surface area contributed by atoms with Crippen LogP contribution in [0.5, 0.6) is 0 Å². The molecular weight excluding hydrogens is 463 g/mol. The third-order valence-electron chi connectivity index (χ3n) is 7.30. The van der Waals surface area contributed by atoms with Crippen molar-refractivity contribution in [2.45, 2.75) is 44.1 Å². The summed E-state index contributed by atoms with van der Waals surface area (Å²) in [5.74, 6) is 0.0411. The van der Waals surface area contributed by atoms with Gasteiger partial charge in [0.2, 0.25) is 11.8 Å². The first-order valence-electron chi connectivity index (χ1n) is 11.5. The van der Waals surface area contributed by atoms with E-state index in [9.17, 15) is 9.59 Å². The monoisotopic (exact) mass is 496 g/mol. The second-order valence-electron chi connectivity index (χ2n) is 9.43. The normalized spacial score (nSPS) is 25.8. The number of aromatic nitrogens is 2. The highest BCUT2D eigenvalue weighted by Crippen LogP contribution is 2.33. The van der Waals surface area contributed by atoms with Gasteiger partial charge in [0.25, 0.3) is 0 Å². The summed E-state index contributed by atoms with van der Waals surface area (Å²) >= 11 is 0. The molecule has 1 aliphatic carbocycles. The first-order valence-corrected chi connectivity index (χ1v) is 11.5. The smallest absolute Gasteiger partial charge is 0.235 e. The Morgan fingerprint density at radius 3 is 2.52 bits per heavy atom. The maximum atomic E-state index is 12.3. The van der Waals surface area contributed by atoms with E-state index in [1.807, 2.05) is 11.7 Å². The van der Waals surface area contributed by atoms with E-state index >= 15 is 0 Å². The predicted molar refractivity (Wildman–Crippen MR) is 134 cm³/mol. The maximum absolute atomic E-state index is 12.3. The summed E-state index contributed by atoms with van der Waals surface area (Å²) in [6, 6.07) is 6.86. The average molecular weight is 497 g/mol. The minimum atomic E-state index is -0.360. The molecule has 2 aromatic rings. The van der Waals surface area contributed by atoms with E-state index in [0.29, 0.717) is 18.9 Å². The number of nitrogens with one attached hydrogen (secondary N) is 1. The molecular formula is C23H34Cl2N6O2. The Morgan fingerprint density at radius 1 is 1.12 bits per heavy atom. The highest BCUT2D eigenvalue weighted by Gasteiger charge is 2.32. The number of nitrogens with zero attached hydrogens (tertiary/aromatic N) is 4. The third kappa shape index (κ3) is 5.29. The van der Waals surface area contributed by atoms with Crippen LogP contribution in [0, 0.1) is 5.92 Å². The van der Waals surface area contributed by atoms with Crippen molar-refractivity contribution in [3.05, 3.63) is 23.9 Å². The number of aryl methyl sites for hydroxylation is 1. The molecule has 3 heterocycles. The molecule has 0 radical (unpaired) electrons. The van der Waals surface area contributed by atoms with E-state index < -0.39 is 0 Å². The van der Waals surface area contributed by atoms with Crippen molar-refractivity contribution in [1.29, 1.82) is 0 Å². The number of anilines is 1. The molecule has 10 heteroatoms. The topological polar surface area (TPSA) is 96.5 Å². The second kappa shape index (κ2) is 10.6. The Morgan fingerprint density at radius 2 is 1.85 bits per heavy atom. The first-order chi connectivity index (χ1) is 15.0. The van der Waals surface area contributed by atoms with E-state index in [4.69, 9.17) is 5.73 Å².